The van der Waals surface area contributed by atoms with Gasteiger partial charge in [0.2, 0.25) is 0 Å². The normalized spacial score (nSPS) is 9.83. The predicted octanol–water partition coefficient (Wildman–Crippen LogP) is 0.662. The summed E-state index contributed by atoms with van der Waals surface area (Å²) in [6.07, 6.45) is 2.44. The smallest absolute Gasteiger partial charge is 0.270 e. The Labute approximate surface area is 70.8 Å². The molecule has 0 atom stereocenters. The van der Waals surface area contributed by atoms with Gasteiger partial charge in [0.15, 0.2) is 0 Å². The first kappa shape index (κ1) is 8.77. The van der Waals surface area contributed by atoms with Crippen LogP contribution in [0.25, 0.3) is 0 Å². The fraction of sp³-hybridized carbons (Fsp3) is 0.500. The maximum atomic E-state index is 11.2. The number of methoxy groups -OCH3 is 1. The highest BCUT2D eigenvalue weighted by Gasteiger charge is 1.97. The molecule has 1 aromatic rings. The fourth-order valence-electron chi connectivity index (χ4n) is 0.908. The zero-order valence-electron chi connectivity index (χ0n) is 7.28. The molecule has 1 aromatic heterocycles. The van der Waals surface area contributed by atoms with Gasteiger partial charge in [-0.05, 0) is 6.42 Å². The van der Waals surface area contributed by atoms with Crippen LogP contribution in [0.2, 0.25) is 0 Å². The minimum Gasteiger partial charge on any atom is -0.495 e. The SMILES string of the molecule is CCCn1ncc(OC)cc1=O. The van der Waals surface area contributed by atoms with Gasteiger partial charge in [0.05, 0.1) is 13.3 Å². The van der Waals surface area contributed by atoms with Crippen LogP contribution in [-0.4, -0.2) is 16.9 Å². The van der Waals surface area contributed by atoms with Crippen molar-refractivity contribution >= 4 is 0 Å². The quantitative estimate of drug-likeness (QED) is 0.666. The van der Waals surface area contributed by atoms with E-state index in [0.29, 0.717) is 12.3 Å². The van der Waals surface area contributed by atoms with Crippen LogP contribution >= 0.6 is 0 Å². The van der Waals surface area contributed by atoms with Crippen molar-refractivity contribution in [2.75, 3.05) is 7.11 Å². The highest BCUT2D eigenvalue weighted by atomic mass is 16.5. The third-order valence-electron chi connectivity index (χ3n) is 1.52. The van der Waals surface area contributed by atoms with Crippen LogP contribution in [0.3, 0.4) is 0 Å². The minimum absolute atomic E-state index is 0.115. The average Bonchev–Trinajstić information content (AvgIpc) is 2.09. The summed E-state index contributed by atoms with van der Waals surface area (Å²) in [4.78, 5) is 11.2. The van der Waals surface area contributed by atoms with Crippen molar-refractivity contribution in [1.29, 1.82) is 0 Å². The lowest BCUT2D eigenvalue weighted by molar-refractivity contribution is 0.405. The van der Waals surface area contributed by atoms with E-state index in [-0.39, 0.29) is 5.56 Å². The van der Waals surface area contributed by atoms with Gasteiger partial charge in [0.25, 0.3) is 5.56 Å². The molecule has 0 fully saturated rings. The van der Waals surface area contributed by atoms with E-state index in [2.05, 4.69) is 5.10 Å². The second-order valence-corrected chi connectivity index (χ2v) is 2.46. The van der Waals surface area contributed by atoms with Crippen molar-refractivity contribution in [1.82, 2.24) is 9.78 Å². The molecule has 1 rings (SSSR count). The molecule has 0 bridgehead atoms. The molecule has 0 saturated carbocycles. The summed E-state index contributed by atoms with van der Waals surface area (Å²) in [5.41, 5.74) is -0.115. The van der Waals surface area contributed by atoms with Crippen LogP contribution in [-0.2, 0) is 6.54 Å². The molecule has 0 aliphatic heterocycles. The van der Waals surface area contributed by atoms with E-state index in [1.165, 1.54) is 24.1 Å². The molecular weight excluding hydrogens is 156 g/mol. The molecule has 4 heteroatoms. The Morgan fingerprint density at radius 1 is 1.67 bits per heavy atom. The Hall–Kier alpha value is -1.32. The Balaban J connectivity index is 2.96. The van der Waals surface area contributed by atoms with E-state index in [0.717, 1.165) is 6.42 Å². The molecule has 0 spiro atoms. The number of nitrogens with zero attached hydrogens (tertiary/aromatic N) is 2. The van der Waals surface area contributed by atoms with E-state index >= 15 is 0 Å². The van der Waals surface area contributed by atoms with E-state index in [4.69, 9.17) is 4.74 Å². The summed E-state index contributed by atoms with van der Waals surface area (Å²) in [6, 6.07) is 1.43. The predicted molar refractivity (Wildman–Crippen MR) is 45.3 cm³/mol. The lowest BCUT2D eigenvalue weighted by atomic mass is 10.4. The lowest BCUT2D eigenvalue weighted by Gasteiger charge is -2.02. The summed E-state index contributed by atoms with van der Waals surface area (Å²) >= 11 is 0. The Morgan fingerprint density at radius 2 is 2.42 bits per heavy atom. The molecule has 4 nitrogen and oxygen atoms in total. The zero-order valence-corrected chi connectivity index (χ0v) is 7.28. The lowest BCUT2D eigenvalue weighted by Crippen LogP contribution is -2.21. The molecule has 0 aliphatic rings. The van der Waals surface area contributed by atoms with E-state index in [9.17, 15) is 4.79 Å². The number of ether oxygens (including phenoxy) is 1. The molecular formula is C8H12N2O2. The average molecular weight is 168 g/mol. The van der Waals surface area contributed by atoms with Crippen molar-refractivity contribution in [3.05, 3.63) is 22.6 Å². The number of aromatic nitrogens is 2. The molecule has 0 saturated heterocycles. The number of hydrogen-bond donors (Lipinski definition) is 0. The van der Waals surface area contributed by atoms with Gasteiger partial charge >= 0.3 is 0 Å². The first-order chi connectivity index (χ1) is 5.77. The first-order valence-electron chi connectivity index (χ1n) is 3.89. The van der Waals surface area contributed by atoms with Gasteiger partial charge in [-0.2, -0.15) is 5.10 Å². The highest BCUT2D eigenvalue weighted by molar-refractivity contribution is 5.12. The molecule has 0 N–H and O–H groups in total. The monoisotopic (exact) mass is 168 g/mol. The minimum atomic E-state index is -0.115. The maximum absolute atomic E-state index is 11.2. The van der Waals surface area contributed by atoms with Gasteiger partial charge in [0.1, 0.15) is 5.75 Å². The molecule has 12 heavy (non-hydrogen) atoms. The number of aryl methyl sites for hydroxylation is 1. The van der Waals surface area contributed by atoms with Crippen molar-refractivity contribution < 1.29 is 4.74 Å². The Kier molecular flexibility index (Phi) is 2.85. The van der Waals surface area contributed by atoms with Crippen LogP contribution in [0.15, 0.2) is 17.1 Å². The molecule has 0 amide bonds. The standard InChI is InChI=1S/C8H12N2O2/c1-3-4-10-8(11)5-7(12-2)6-9-10/h5-6H,3-4H2,1-2H3. The van der Waals surface area contributed by atoms with Gasteiger partial charge in [-0.1, -0.05) is 6.92 Å². The van der Waals surface area contributed by atoms with Crippen molar-refractivity contribution in [2.45, 2.75) is 19.9 Å². The summed E-state index contributed by atoms with van der Waals surface area (Å²) in [6.45, 7) is 2.65. The van der Waals surface area contributed by atoms with E-state index in [1.807, 2.05) is 6.92 Å². The van der Waals surface area contributed by atoms with Crippen LogP contribution in [0, 0.1) is 0 Å². The first-order valence-corrected chi connectivity index (χ1v) is 3.89. The van der Waals surface area contributed by atoms with Gasteiger partial charge in [-0.3, -0.25) is 4.79 Å². The Morgan fingerprint density at radius 3 is 2.92 bits per heavy atom. The van der Waals surface area contributed by atoms with Crippen molar-refractivity contribution in [3.8, 4) is 5.75 Å². The van der Waals surface area contributed by atoms with Gasteiger partial charge in [-0.15, -0.1) is 0 Å². The molecule has 0 aliphatic carbocycles. The highest BCUT2D eigenvalue weighted by Crippen LogP contribution is 2.00. The molecule has 0 unspecified atom stereocenters. The van der Waals surface area contributed by atoms with E-state index in [1.54, 1.807) is 0 Å². The molecule has 0 aromatic carbocycles. The Bertz CT molecular complexity index is 306. The molecule has 66 valence electrons. The second kappa shape index (κ2) is 3.90. The largest absolute Gasteiger partial charge is 0.495 e. The molecule has 0 radical (unpaired) electrons. The van der Waals surface area contributed by atoms with Gasteiger partial charge < -0.3 is 4.74 Å². The number of hydrogen-bond acceptors (Lipinski definition) is 3. The van der Waals surface area contributed by atoms with Gasteiger partial charge in [0, 0.05) is 12.6 Å². The van der Waals surface area contributed by atoms with Gasteiger partial charge in [-0.25, -0.2) is 4.68 Å². The summed E-state index contributed by atoms with van der Waals surface area (Å²) < 4.78 is 6.27. The van der Waals surface area contributed by atoms with Crippen LogP contribution in [0.1, 0.15) is 13.3 Å². The third kappa shape index (κ3) is 1.84. The summed E-state index contributed by atoms with van der Waals surface area (Å²) in [5, 5.41) is 3.92. The topological polar surface area (TPSA) is 44.1 Å². The second-order valence-electron chi connectivity index (χ2n) is 2.46. The van der Waals surface area contributed by atoms with Crippen LogP contribution in [0.5, 0.6) is 5.75 Å². The number of rotatable bonds is 3. The summed E-state index contributed by atoms with van der Waals surface area (Å²) in [7, 11) is 1.51. The fourth-order valence-corrected chi connectivity index (χ4v) is 0.908. The van der Waals surface area contributed by atoms with Crippen LogP contribution in [0.4, 0.5) is 0 Å². The van der Waals surface area contributed by atoms with E-state index < -0.39 is 0 Å². The molecule has 1 heterocycles. The van der Waals surface area contributed by atoms with Crippen molar-refractivity contribution in [2.24, 2.45) is 0 Å². The van der Waals surface area contributed by atoms with Crippen molar-refractivity contribution in [3.63, 3.8) is 0 Å². The maximum Gasteiger partial charge on any atom is 0.270 e. The zero-order chi connectivity index (χ0) is 8.97. The van der Waals surface area contributed by atoms with Crippen LogP contribution < -0.4 is 10.3 Å². The third-order valence-corrected chi connectivity index (χ3v) is 1.52. The summed E-state index contributed by atoms with van der Waals surface area (Å²) in [5.74, 6) is 0.507.